The van der Waals surface area contributed by atoms with E-state index in [1.807, 2.05) is 6.92 Å². The standard InChI is InChI=1S/C11H17N3OS.2ClH/c1-7(12)4-10(15)13-5-11-14-9(6-16-11)8-2-3-8;;/h6-8H,2-5,12H2,1H3,(H,13,15);2*1H. The van der Waals surface area contributed by atoms with Crippen LogP contribution in [-0.2, 0) is 11.3 Å². The molecule has 0 aliphatic heterocycles. The Balaban J connectivity index is 0.00000144. The number of carbonyl (C=O) groups is 1. The van der Waals surface area contributed by atoms with Crippen LogP contribution in [0.4, 0.5) is 0 Å². The molecule has 1 aromatic heterocycles. The van der Waals surface area contributed by atoms with Crippen molar-refractivity contribution in [3.63, 3.8) is 0 Å². The molecule has 0 spiro atoms. The van der Waals surface area contributed by atoms with Crippen LogP contribution in [0, 0.1) is 0 Å². The Kier molecular flexibility index (Phi) is 7.78. The predicted molar refractivity (Wildman–Crippen MR) is 78.7 cm³/mol. The maximum absolute atomic E-state index is 11.4. The van der Waals surface area contributed by atoms with Gasteiger partial charge in [-0.3, -0.25) is 4.79 Å². The fraction of sp³-hybridized carbons (Fsp3) is 0.636. The van der Waals surface area contributed by atoms with Gasteiger partial charge in [0.25, 0.3) is 0 Å². The number of hydrogen-bond donors (Lipinski definition) is 2. The van der Waals surface area contributed by atoms with Gasteiger partial charge in [0.2, 0.25) is 5.91 Å². The number of hydrogen-bond acceptors (Lipinski definition) is 4. The predicted octanol–water partition coefficient (Wildman–Crippen LogP) is 2.22. The van der Waals surface area contributed by atoms with Crippen molar-refractivity contribution >= 4 is 42.1 Å². The summed E-state index contributed by atoms with van der Waals surface area (Å²) in [5.41, 5.74) is 6.74. The van der Waals surface area contributed by atoms with Crippen molar-refractivity contribution in [2.45, 2.75) is 44.7 Å². The van der Waals surface area contributed by atoms with Crippen molar-refractivity contribution in [2.24, 2.45) is 5.73 Å². The molecule has 1 atom stereocenters. The number of nitrogens with zero attached hydrogens (tertiary/aromatic N) is 1. The van der Waals surface area contributed by atoms with Crippen molar-refractivity contribution in [1.82, 2.24) is 10.3 Å². The molecular formula is C11H19Cl2N3OS. The molecule has 0 radical (unpaired) electrons. The molecule has 4 nitrogen and oxygen atoms in total. The van der Waals surface area contributed by atoms with Gasteiger partial charge in [0.15, 0.2) is 0 Å². The summed E-state index contributed by atoms with van der Waals surface area (Å²) < 4.78 is 0. The third-order valence-corrected chi connectivity index (χ3v) is 3.38. The first kappa shape index (κ1) is 17.6. The molecule has 1 aliphatic carbocycles. The minimum atomic E-state index is -0.0849. The van der Waals surface area contributed by atoms with E-state index in [-0.39, 0.29) is 36.8 Å². The molecule has 18 heavy (non-hydrogen) atoms. The van der Waals surface area contributed by atoms with Crippen LogP contribution >= 0.6 is 36.2 Å². The first-order valence-electron chi connectivity index (χ1n) is 5.61. The summed E-state index contributed by atoms with van der Waals surface area (Å²) in [6.45, 7) is 2.36. The minimum Gasteiger partial charge on any atom is -0.350 e. The van der Waals surface area contributed by atoms with Crippen LogP contribution in [-0.4, -0.2) is 16.9 Å². The molecule has 2 rings (SSSR count). The van der Waals surface area contributed by atoms with Gasteiger partial charge in [-0.1, -0.05) is 0 Å². The Morgan fingerprint density at radius 1 is 1.61 bits per heavy atom. The molecule has 0 saturated heterocycles. The van der Waals surface area contributed by atoms with Crippen molar-refractivity contribution in [3.05, 3.63) is 16.1 Å². The van der Waals surface area contributed by atoms with Gasteiger partial charge < -0.3 is 11.1 Å². The van der Waals surface area contributed by atoms with E-state index in [1.54, 1.807) is 11.3 Å². The van der Waals surface area contributed by atoms with Gasteiger partial charge in [-0.25, -0.2) is 4.98 Å². The molecular weight excluding hydrogens is 293 g/mol. The molecule has 1 aliphatic rings. The van der Waals surface area contributed by atoms with Gasteiger partial charge in [-0.15, -0.1) is 36.2 Å². The second-order valence-electron chi connectivity index (χ2n) is 4.40. The first-order chi connectivity index (χ1) is 7.65. The number of rotatable bonds is 5. The van der Waals surface area contributed by atoms with Crippen LogP contribution in [0.5, 0.6) is 0 Å². The summed E-state index contributed by atoms with van der Waals surface area (Å²) in [5, 5.41) is 5.92. The van der Waals surface area contributed by atoms with E-state index in [2.05, 4.69) is 15.7 Å². The summed E-state index contributed by atoms with van der Waals surface area (Å²) in [5.74, 6) is 0.683. The number of thiazole rings is 1. The van der Waals surface area contributed by atoms with Gasteiger partial charge in [0, 0.05) is 23.8 Å². The molecule has 3 N–H and O–H groups in total. The average molecular weight is 312 g/mol. The smallest absolute Gasteiger partial charge is 0.221 e. The number of halogens is 2. The number of amides is 1. The van der Waals surface area contributed by atoms with Crippen LogP contribution in [0.15, 0.2) is 5.38 Å². The zero-order valence-electron chi connectivity index (χ0n) is 10.2. The van der Waals surface area contributed by atoms with Crippen molar-refractivity contribution in [1.29, 1.82) is 0 Å². The minimum absolute atomic E-state index is 0. The molecule has 1 heterocycles. The molecule has 1 saturated carbocycles. The summed E-state index contributed by atoms with van der Waals surface area (Å²) in [4.78, 5) is 15.9. The van der Waals surface area contributed by atoms with Gasteiger partial charge in [0.05, 0.1) is 12.2 Å². The molecule has 0 aromatic carbocycles. The number of nitrogens with one attached hydrogen (secondary N) is 1. The summed E-state index contributed by atoms with van der Waals surface area (Å²) in [6.07, 6.45) is 2.90. The zero-order chi connectivity index (χ0) is 11.5. The highest BCUT2D eigenvalue weighted by Crippen LogP contribution is 2.40. The second-order valence-corrected chi connectivity index (χ2v) is 5.34. The average Bonchev–Trinajstić information content (AvgIpc) is 2.94. The fourth-order valence-electron chi connectivity index (χ4n) is 1.51. The summed E-state index contributed by atoms with van der Waals surface area (Å²) >= 11 is 1.62. The fourth-order valence-corrected chi connectivity index (χ4v) is 2.33. The third-order valence-electron chi connectivity index (χ3n) is 2.51. The van der Waals surface area contributed by atoms with Gasteiger partial charge >= 0.3 is 0 Å². The maximum atomic E-state index is 11.4. The lowest BCUT2D eigenvalue weighted by molar-refractivity contribution is -0.121. The Labute approximate surface area is 124 Å². The van der Waals surface area contributed by atoms with Crippen LogP contribution in [0.3, 0.4) is 0 Å². The highest BCUT2D eigenvalue weighted by Gasteiger charge is 2.25. The zero-order valence-corrected chi connectivity index (χ0v) is 12.7. The quantitative estimate of drug-likeness (QED) is 0.876. The highest BCUT2D eigenvalue weighted by atomic mass is 35.5. The molecule has 7 heteroatoms. The molecule has 1 amide bonds. The summed E-state index contributed by atoms with van der Waals surface area (Å²) in [7, 11) is 0. The maximum Gasteiger partial charge on any atom is 0.221 e. The van der Waals surface area contributed by atoms with E-state index >= 15 is 0 Å². The van der Waals surface area contributed by atoms with E-state index in [0.717, 1.165) is 5.01 Å². The van der Waals surface area contributed by atoms with E-state index in [9.17, 15) is 4.79 Å². The van der Waals surface area contributed by atoms with Crippen molar-refractivity contribution in [2.75, 3.05) is 0 Å². The lowest BCUT2D eigenvalue weighted by Gasteiger charge is -2.05. The molecule has 0 bridgehead atoms. The molecule has 1 unspecified atom stereocenters. The Morgan fingerprint density at radius 2 is 2.28 bits per heavy atom. The summed E-state index contributed by atoms with van der Waals surface area (Å²) in [6, 6.07) is -0.0849. The first-order valence-corrected chi connectivity index (χ1v) is 6.49. The van der Waals surface area contributed by atoms with Crippen LogP contribution < -0.4 is 11.1 Å². The van der Waals surface area contributed by atoms with Gasteiger partial charge in [0.1, 0.15) is 5.01 Å². The SMILES string of the molecule is CC(N)CC(=O)NCc1nc(C2CC2)cs1.Cl.Cl. The Bertz CT molecular complexity index is 380. The van der Waals surface area contributed by atoms with Gasteiger partial charge in [-0.2, -0.15) is 0 Å². The van der Waals surface area contributed by atoms with Crippen LogP contribution in [0.1, 0.15) is 42.8 Å². The Morgan fingerprint density at radius 3 is 2.83 bits per heavy atom. The topological polar surface area (TPSA) is 68.0 Å². The van der Waals surface area contributed by atoms with E-state index in [0.29, 0.717) is 18.9 Å². The lowest BCUT2D eigenvalue weighted by atomic mass is 10.2. The molecule has 1 fully saturated rings. The second kappa shape index (κ2) is 7.94. The van der Waals surface area contributed by atoms with Crippen LogP contribution in [0.2, 0.25) is 0 Å². The Hall–Kier alpha value is -0.360. The van der Waals surface area contributed by atoms with E-state index < -0.39 is 0 Å². The van der Waals surface area contributed by atoms with Crippen molar-refractivity contribution in [3.8, 4) is 0 Å². The third kappa shape index (κ3) is 5.52. The highest BCUT2D eigenvalue weighted by molar-refractivity contribution is 7.09. The van der Waals surface area contributed by atoms with E-state index in [1.165, 1.54) is 18.5 Å². The van der Waals surface area contributed by atoms with Crippen LogP contribution in [0.25, 0.3) is 0 Å². The number of aromatic nitrogens is 1. The molecule has 1 aromatic rings. The van der Waals surface area contributed by atoms with E-state index in [4.69, 9.17) is 5.73 Å². The van der Waals surface area contributed by atoms with Gasteiger partial charge in [-0.05, 0) is 19.8 Å². The largest absolute Gasteiger partial charge is 0.350 e. The number of carbonyl (C=O) groups excluding carboxylic acids is 1. The normalized spacial score (nSPS) is 15.2. The molecule has 104 valence electrons. The lowest BCUT2D eigenvalue weighted by Crippen LogP contribution is -2.29. The number of nitrogens with two attached hydrogens (primary N) is 1. The van der Waals surface area contributed by atoms with Crippen molar-refractivity contribution < 1.29 is 4.79 Å². The monoisotopic (exact) mass is 311 g/mol.